The second-order valence-corrected chi connectivity index (χ2v) is 5.57. The number of rotatable bonds is 3. The first-order valence-electron chi connectivity index (χ1n) is 7.65. The molecule has 0 fully saturated rings. The molecule has 0 radical (unpaired) electrons. The molecule has 24 heavy (non-hydrogen) atoms. The normalized spacial score (nSPS) is 13.7. The van der Waals surface area contributed by atoms with Gasteiger partial charge < -0.3 is 24.5 Å². The summed E-state index contributed by atoms with van der Waals surface area (Å²) in [5.74, 6) is 2.01. The van der Waals surface area contributed by atoms with E-state index in [4.69, 9.17) is 13.9 Å². The molecule has 1 aromatic heterocycles. The number of urea groups is 1. The summed E-state index contributed by atoms with van der Waals surface area (Å²) >= 11 is 0. The maximum atomic E-state index is 12.2. The van der Waals surface area contributed by atoms with Crippen LogP contribution >= 0.6 is 0 Å². The number of benzene rings is 2. The fourth-order valence-corrected chi connectivity index (χ4v) is 2.63. The van der Waals surface area contributed by atoms with Gasteiger partial charge in [0.2, 0.25) is 6.79 Å². The van der Waals surface area contributed by atoms with E-state index in [1.807, 2.05) is 37.3 Å². The number of para-hydroxylation sites is 1. The van der Waals surface area contributed by atoms with Gasteiger partial charge in [0, 0.05) is 17.1 Å². The van der Waals surface area contributed by atoms with E-state index < -0.39 is 0 Å². The van der Waals surface area contributed by atoms with Gasteiger partial charge in [0.25, 0.3) is 0 Å². The molecule has 2 heterocycles. The monoisotopic (exact) mass is 324 g/mol. The zero-order valence-corrected chi connectivity index (χ0v) is 13.0. The highest BCUT2D eigenvalue weighted by Crippen LogP contribution is 2.34. The van der Waals surface area contributed by atoms with Crippen LogP contribution in [0.15, 0.2) is 52.9 Å². The van der Waals surface area contributed by atoms with Crippen LogP contribution in [-0.2, 0) is 0 Å². The minimum absolute atomic E-state index is 0.202. The van der Waals surface area contributed by atoms with Gasteiger partial charge in [-0.15, -0.1) is 0 Å². The third-order valence-electron chi connectivity index (χ3n) is 3.85. The van der Waals surface area contributed by atoms with Gasteiger partial charge in [-0.1, -0.05) is 18.2 Å². The number of hydrogen-bond acceptors (Lipinski definition) is 4. The third kappa shape index (κ3) is 2.74. The topological polar surface area (TPSA) is 72.7 Å². The predicted molar refractivity (Wildman–Crippen MR) is 89.3 cm³/mol. The molecule has 0 saturated carbocycles. The fraction of sp³-hybridized carbons (Fsp3) is 0.167. The number of fused-ring (bicyclic) bond motifs is 2. The minimum atomic E-state index is -0.318. The summed E-state index contributed by atoms with van der Waals surface area (Å²) in [6.45, 7) is 2.07. The van der Waals surface area contributed by atoms with Gasteiger partial charge in [-0.05, 0) is 31.2 Å². The molecule has 2 aromatic carbocycles. The largest absolute Gasteiger partial charge is 0.459 e. The minimum Gasteiger partial charge on any atom is -0.459 e. The SMILES string of the molecule is CC(NC(=O)Nc1ccc2c(c1)OCO2)c1cc2ccccc2o1. The molecule has 0 spiro atoms. The Morgan fingerprint density at radius 2 is 1.92 bits per heavy atom. The van der Waals surface area contributed by atoms with Crippen molar-refractivity contribution < 1.29 is 18.7 Å². The molecule has 0 saturated heterocycles. The summed E-state index contributed by atoms with van der Waals surface area (Å²) in [6.07, 6.45) is 0. The van der Waals surface area contributed by atoms with Crippen LogP contribution in [0.3, 0.4) is 0 Å². The average molecular weight is 324 g/mol. The molecule has 122 valence electrons. The van der Waals surface area contributed by atoms with Crippen molar-refractivity contribution in [3.05, 3.63) is 54.3 Å². The van der Waals surface area contributed by atoms with Crippen LogP contribution in [0.2, 0.25) is 0 Å². The Hall–Kier alpha value is -3.15. The van der Waals surface area contributed by atoms with E-state index in [-0.39, 0.29) is 18.9 Å². The number of carbonyl (C=O) groups is 1. The van der Waals surface area contributed by atoms with E-state index >= 15 is 0 Å². The Morgan fingerprint density at radius 3 is 2.79 bits per heavy atom. The molecule has 2 amide bonds. The number of nitrogens with one attached hydrogen (secondary N) is 2. The van der Waals surface area contributed by atoms with Crippen LogP contribution in [0.4, 0.5) is 10.5 Å². The highest BCUT2D eigenvalue weighted by atomic mass is 16.7. The van der Waals surface area contributed by atoms with Crippen molar-refractivity contribution >= 4 is 22.7 Å². The molecular weight excluding hydrogens is 308 g/mol. The van der Waals surface area contributed by atoms with Gasteiger partial charge in [-0.2, -0.15) is 0 Å². The lowest BCUT2D eigenvalue weighted by molar-refractivity contribution is 0.174. The Kier molecular flexibility index (Phi) is 3.49. The first kappa shape index (κ1) is 14.4. The zero-order chi connectivity index (χ0) is 16.5. The molecule has 1 atom stereocenters. The Morgan fingerprint density at radius 1 is 1.08 bits per heavy atom. The highest BCUT2D eigenvalue weighted by Gasteiger charge is 2.16. The summed E-state index contributed by atoms with van der Waals surface area (Å²) in [6, 6.07) is 14.4. The van der Waals surface area contributed by atoms with Crippen LogP contribution in [0, 0.1) is 0 Å². The average Bonchev–Trinajstić information content (AvgIpc) is 3.20. The summed E-state index contributed by atoms with van der Waals surface area (Å²) in [7, 11) is 0. The molecule has 4 rings (SSSR count). The fourth-order valence-electron chi connectivity index (χ4n) is 2.63. The van der Waals surface area contributed by atoms with E-state index in [2.05, 4.69) is 10.6 Å². The quantitative estimate of drug-likeness (QED) is 0.762. The second kappa shape index (κ2) is 5.81. The highest BCUT2D eigenvalue weighted by molar-refractivity contribution is 5.90. The molecule has 0 aliphatic carbocycles. The van der Waals surface area contributed by atoms with Crippen LogP contribution in [0.5, 0.6) is 11.5 Å². The van der Waals surface area contributed by atoms with Crippen molar-refractivity contribution in [3.63, 3.8) is 0 Å². The molecular formula is C18H16N2O4. The summed E-state index contributed by atoms with van der Waals surface area (Å²) in [4.78, 5) is 12.2. The maximum absolute atomic E-state index is 12.2. The summed E-state index contributed by atoms with van der Waals surface area (Å²) in [5, 5.41) is 6.65. The van der Waals surface area contributed by atoms with E-state index in [0.29, 0.717) is 22.9 Å². The number of carbonyl (C=O) groups excluding carboxylic acids is 1. The molecule has 6 heteroatoms. The van der Waals surface area contributed by atoms with Crippen molar-refractivity contribution in [2.45, 2.75) is 13.0 Å². The van der Waals surface area contributed by atoms with Crippen molar-refractivity contribution in [2.24, 2.45) is 0 Å². The van der Waals surface area contributed by atoms with Crippen LogP contribution < -0.4 is 20.1 Å². The first-order chi connectivity index (χ1) is 11.7. The lowest BCUT2D eigenvalue weighted by atomic mass is 10.2. The first-order valence-corrected chi connectivity index (χ1v) is 7.65. The number of amides is 2. The Bertz CT molecular complexity index is 870. The predicted octanol–water partition coefficient (Wildman–Crippen LogP) is 4.04. The lowest BCUT2D eigenvalue weighted by Gasteiger charge is -2.12. The van der Waals surface area contributed by atoms with E-state index in [1.54, 1.807) is 18.2 Å². The summed E-state index contributed by atoms with van der Waals surface area (Å²) < 4.78 is 16.3. The van der Waals surface area contributed by atoms with Crippen LogP contribution in [0.1, 0.15) is 18.7 Å². The van der Waals surface area contributed by atoms with E-state index in [9.17, 15) is 4.79 Å². The van der Waals surface area contributed by atoms with Gasteiger partial charge in [0.05, 0.1) is 6.04 Å². The van der Waals surface area contributed by atoms with Crippen LogP contribution in [0.25, 0.3) is 11.0 Å². The van der Waals surface area contributed by atoms with E-state index in [0.717, 1.165) is 11.0 Å². The Balaban J connectivity index is 1.43. The maximum Gasteiger partial charge on any atom is 0.319 e. The van der Waals surface area contributed by atoms with Crippen LogP contribution in [-0.4, -0.2) is 12.8 Å². The lowest BCUT2D eigenvalue weighted by Crippen LogP contribution is -2.30. The number of anilines is 1. The van der Waals surface area contributed by atoms with Gasteiger partial charge >= 0.3 is 6.03 Å². The standard InChI is InChI=1S/C18H16N2O4/c1-11(16-8-12-4-2-3-5-14(12)24-16)19-18(21)20-13-6-7-15-17(9-13)23-10-22-15/h2-9,11H,10H2,1H3,(H2,19,20,21). The van der Waals surface area contributed by atoms with E-state index in [1.165, 1.54) is 0 Å². The molecule has 1 unspecified atom stereocenters. The smallest absolute Gasteiger partial charge is 0.319 e. The molecule has 2 N–H and O–H groups in total. The Labute approximate surface area is 138 Å². The van der Waals surface area contributed by atoms with Gasteiger partial charge in [0.1, 0.15) is 11.3 Å². The third-order valence-corrected chi connectivity index (χ3v) is 3.85. The number of furan rings is 1. The molecule has 1 aliphatic rings. The van der Waals surface area contributed by atoms with Crippen molar-refractivity contribution in [1.29, 1.82) is 0 Å². The summed E-state index contributed by atoms with van der Waals surface area (Å²) in [5.41, 5.74) is 1.44. The number of ether oxygens (including phenoxy) is 2. The van der Waals surface area contributed by atoms with Gasteiger partial charge in [0.15, 0.2) is 11.5 Å². The molecule has 6 nitrogen and oxygen atoms in total. The van der Waals surface area contributed by atoms with Crippen molar-refractivity contribution in [1.82, 2.24) is 5.32 Å². The van der Waals surface area contributed by atoms with Crippen molar-refractivity contribution in [3.8, 4) is 11.5 Å². The van der Waals surface area contributed by atoms with Gasteiger partial charge in [-0.3, -0.25) is 0 Å². The number of hydrogen-bond donors (Lipinski definition) is 2. The second-order valence-electron chi connectivity index (χ2n) is 5.57. The molecule has 0 bridgehead atoms. The zero-order valence-electron chi connectivity index (χ0n) is 13.0. The molecule has 3 aromatic rings. The molecule has 1 aliphatic heterocycles. The van der Waals surface area contributed by atoms with Gasteiger partial charge in [-0.25, -0.2) is 4.79 Å². The van der Waals surface area contributed by atoms with Crippen molar-refractivity contribution in [2.75, 3.05) is 12.1 Å².